The van der Waals surface area contributed by atoms with Gasteiger partial charge in [-0.1, -0.05) is 45.1 Å². The number of hydrogen-bond acceptors (Lipinski definition) is 0. The Morgan fingerprint density at radius 2 is 2.00 bits per heavy atom. The molecule has 1 aliphatic rings. The van der Waals surface area contributed by atoms with Gasteiger partial charge in [0.25, 0.3) is 0 Å². The third-order valence-electron chi connectivity index (χ3n) is 3.45. The summed E-state index contributed by atoms with van der Waals surface area (Å²) in [5.41, 5.74) is 0. The van der Waals surface area contributed by atoms with E-state index in [1.165, 1.54) is 51.4 Å². The summed E-state index contributed by atoms with van der Waals surface area (Å²) >= 11 is 0. The minimum Gasteiger partial charge on any atom is -0.103 e. The van der Waals surface area contributed by atoms with E-state index in [9.17, 15) is 0 Å². The van der Waals surface area contributed by atoms with Crippen LogP contribution in [-0.4, -0.2) is 0 Å². The fraction of sp³-hybridized carbons (Fsp3) is 0.846. The van der Waals surface area contributed by atoms with Crippen molar-refractivity contribution >= 4 is 0 Å². The molecule has 0 heterocycles. The Morgan fingerprint density at radius 3 is 2.54 bits per heavy atom. The van der Waals surface area contributed by atoms with Crippen LogP contribution >= 0.6 is 0 Å². The first-order valence-electron chi connectivity index (χ1n) is 6.01. The normalized spacial score (nSPS) is 21.3. The Balaban J connectivity index is 2.30. The molecule has 0 amide bonds. The topological polar surface area (TPSA) is 0 Å². The second-order valence-corrected chi connectivity index (χ2v) is 4.44. The molecule has 0 aliphatic heterocycles. The maximum Gasteiger partial charge on any atom is -0.0208 e. The molecule has 1 fully saturated rings. The average molecular weight is 180 g/mol. The molecule has 13 heavy (non-hydrogen) atoms. The van der Waals surface area contributed by atoms with Gasteiger partial charge in [0.2, 0.25) is 0 Å². The van der Waals surface area contributed by atoms with E-state index in [0.29, 0.717) is 0 Å². The van der Waals surface area contributed by atoms with Crippen molar-refractivity contribution in [2.24, 2.45) is 11.8 Å². The van der Waals surface area contributed by atoms with Gasteiger partial charge in [0.1, 0.15) is 0 Å². The maximum absolute atomic E-state index is 3.99. The number of allylic oxidation sites excluding steroid dienone is 1. The molecule has 0 unspecified atom stereocenters. The molecule has 1 rings (SSSR count). The smallest absolute Gasteiger partial charge is 0.0208 e. The SMILES string of the molecule is C=C[C@@H](CCCC)C1CCCCC1. The van der Waals surface area contributed by atoms with Crippen LogP contribution < -0.4 is 0 Å². The van der Waals surface area contributed by atoms with E-state index in [4.69, 9.17) is 0 Å². The molecular weight excluding hydrogens is 156 g/mol. The van der Waals surface area contributed by atoms with Crippen molar-refractivity contribution in [3.8, 4) is 0 Å². The van der Waals surface area contributed by atoms with Gasteiger partial charge in [-0.25, -0.2) is 0 Å². The quantitative estimate of drug-likeness (QED) is 0.544. The van der Waals surface area contributed by atoms with E-state index in [2.05, 4.69) is 19.6 Å². The predicted molar refractivity (Wildman–Crippen MR) is 59.8 cm³/mol. The molecule has 76 valence electrons. The molecular formula is C13H24. The van der Waals surface area contributed by atoms with Crippen molar-refractivity contribution in [1.82, 2.24) is 0 Å². The monoisotopic (exact) mass is 180 g/mol. The molecule has 0 aromatic heterocycles. The first-order valence-corrected chi connectivity index (χ1v) is 6.01. The van der Waals surface area contributed by atoms with E-state index in [-0.39, 0.29) is 0 Å². The highest BCUT2D eigenvalue weighted by molar-refractivity contribution is 4.85. The third-order valence-corrected chi connectivity index (χ3v) is 3.45. The summed E-state index contributed by atoms with van der Waals surface area (Å²) in [4.78, 5) is 0. The van der Waals surface area contributed by atoms with E-state index in [1.54, 1.807) is 0 Å². The van der Waals surface area contributed by atoms with Crippen LogP contribution in [0.5, 0.6) is 0 Å². The standard InChI is InChI=1S/C13H24/c1-3-5-9-12(4-2)13-10-7-6-8-11-13/h4,12-13H,2-3,5-11H2,1H3/t12-/m0/s1. The van der Waals surface area contributed by atoms with Gasteiger partial charge in [-0.3, -0.25) is 0 Å². The van der Waals surface area contributed by atoms with Crippen LogP contribution in [0.2, 0.25) is 0 Å². The summed E-state index contributed by atoms with van der Waals surface area (Å²) in [7, 11) is 0. The highest BCUT2D eigenvalue weighted by Gasteiger charge is 2.20. The molecule has 0 heteroatoms. The lowest BCUT2D eigenvalue weighted by molar-refractivity contribution is 0.272. The van der Waals surface area contributed by atoms with E-state index in [1.807, 2.05) is 0 Å². The Bertz CT molecular complexity index is 131. The average Bonchev–Trinajstić information content (AvgIpc) is 2.21. The second-order valence-electron chi connectivity index (χ2n) is 4.44. The summed E-state index contributed by atoms with van der Waals surface area (Å²) in [6.07, 6.45) is 13.6. The molecule has 0 saturated heterocycles. The van der Waals surface area contributed by atoms with Crippen LogP contribution in [0.4, 0.5) is 0 Å². The van der Waals surface area contributed by atoms with Crippen LogP contribution in [0, 0.1) is 11.8 Å². The molecule has 0 nitrogen and oxygen atoms in total. The van der Waals surface area contributed by atoms with Gasteiger partial charge < -0.3 is 0 Å². The molecule has 0 aromatic rings. The van der Waals surface area contributed by atoms with Crippen LogP contribution in [-0.2, 0) is 0 Å². The fourth-order valence-corrected chi connectivity index (χ4v) is 2.55. The summed E-state index contributed by atoms with van der Waals surface area (Å²) in [5, 5.41) is 0. The number of rotatable bonds is 5. The molecule has 0 radical (unpaired) electrons. The van der Waals surface area contributed by atoms with Gasteiger partial charge in [-0.05, 0) is 31.1 Å². The fourth-order valence-electron chi connectivity index (χ4n) is 2.55. The molecule has 1 aliphatic carbocycles. The van der Waals surface area contributed by atoms with Crippen LogP contribution in [0.15, 0.2) is 12.7 Å². The maximum atomic E-state index is 3.99. The van der Waals surface area contributed by atoms with Crippen molar-refractivity contribution < 1.29 is 0 Å². The van der Waals surface area contributed by atoms with Crippen LogP contribution in [0.3, 0.4) is 0 Å². The van der Waals surface area contributed by atoms with Crippen molar-refractivity contribution in [3.05, 3.63) is 12.7 Å². The van der Waals surface area contributed by atoms with E-state index < -0.39 is 0 Å². The third kappa shape index (κ3) is 3.54. The summed E-state index contributed by atoms with van der Waals surface area (Å²) in [5.74, 6) is 1.79. The van der Waals surface area contributed by atoms with Gasteiger partial charge in [-0.15, -0.1) is 6.58 Å². The highest BCUT2D eigenvalue weighted by Crippen LogP contribution is 2.33. The lowest BCUT2D eigenvalue weighted by Gasteiger charge is -2.28. The zero-order valence-corrected chi connectivity index (χ0v) is 9.10. The van der Waals surface area contributed by atoms with Gasteiger partial charge >= 0.3 is 0 Å². The highest BCUT2D eigenvalue weighted by atomic mass is 14.3. The predicted octanol–water partition coefficient (Wildman–Crippen LogP) is 4.56. The zero-order chi connectivity index (χ0) is 9.52. The molecule has 0 aromatic carbocycles. The Kier molecular flexibility index (Phi) is 5.19. The number of hydrogen-bond donors (Lipinski definition) is 0. The molecule has 0 spiro atoms. The van der Waals surface area contributed by atoms with Gasteiger partial charge in [-0.2, -0.15) is 0 Å². The molecule has 0 bridgehead atoms. The second kappa shape index (κ2) is 6.23. The van der Waals surface area contributed by atoms with E-state index >= 15 is 0 Å². The van der Waals surface area contributed by atoms with E-state index in [0.717, 1.165) is 11.8 Å². The Labute approximate surface area is 83.4 Å². The van der Waals surface area contributed by atoms with Gasteiger partial charge in [0.15, 0.2) is 0 Å². The first kappa shape index (κ1) is 10.8. The van der Waals surface area contributed by atoms with Gasteiger partial charge in [0.05, 0.1) is 0 Å². The summed E-state index contributed by atoms with van der Waals surface area (Å²) < 4.78 is 0. The van der Waals surface area contributed by atoms with Crippen molar-refractivity contribution in [2.75, 3.05) is 0 Å². The lowest BCUT2D eigenvalue weighted by atomic mass is 9.78. The minimum absolute atomic E-state index is 0.820. The zero-order valence-electron chi connectivity index (χ0n) is 9.10. The lowest BCUT2D eigenvalue weighted by Crippen LogP contribution is -2.15. The summed E-state index contributed by atoms with van der Waals surface area (Å²) in [6, 6.07) is 0. The van der Waals surface area contributed by atoms with Crippen LogP contribution in [0.1, 0.15) is 58.3 Å². The van der Waals surface area contributed by atoms with Gasteiger partial charge in [0, 0.05) is 0 Å². The van der Waals surface area contributed by atoms with Crippen LogP contribution in [0.25, 0.3) is 0 Å². The Hall–Kier alpha value is -0.260. The Morgan fingerprint density at radius 1 is 1.31 bits per heavy atom. The largest absolute Gasteiger partial charge is 0.103 e. The minimum atomic E-state index is 0.820. The number of unbranched alkanes of at least 4 members (excludes halogenated alkanes) is 1. The molecule has 0 N–H and O–H groups in total. The van der Waals surface area contributed by atoms with Crippen molar-refractivity contribution in [3.63, 3.8) is 0 Å². The molecule has 1 saturated carbocycles. The summed E-state index contributed by atoms with van der Waals surface area (Å²) in [6.45, 7) is 6.27. The van der Waals surface area contributed by atoms with Crippen molar-refractivity contribution in [2.45, 2.75) is 58.3 Å². The van der Waals surface area contributed by atoms with Crippen molar-refractivity contribution in [1.29, 1.82) is 0 Å². The first-order chi connectivity index (χ1) is 6.38. The molecule has 1 atom stereocenters.